The highest BCUT2D eigenvalue weighted by Crippen LogP contribution is 2.23. The molecule has 1 heteroatoms. The van der Waals surface area contributed by atoms with Gasteiger partial charge < -0.3 is 4.90 Å². The molecule has 1 nitrogen and oxygen atoms in total. The van der Waals surface area contributed by atoms with Gasteiger partial charge in [-0.2, -0.15) is 0 Å². The second-order valence-electron chi connectivity index (χ2n) is 4.45. The molecule has 0 bridgehead atoms. The van der Waals surface area contributed by atoms with E-state index in [2.05, 4.69) is 62.6 Å². The lowest BCUT2D eigenvalue weighted by molar-refractivity contribution is 0.456. The van der Waals surface area contributed by atoms with E-state index in [0.29, 0.717) is 0 Å². The lowest BCUT2D eigenvalue weighted by Crippen LogP contribution is -2.22. The predicted molar refractivity (Wildman–Crippen MR) is 81.1 cm³/mol. The monoisotopic (exact) mass is 243 g/mol. The molecule has 0 saturated carbocycles. The van der Waals surface area contributed by atoms with Crippen molar-refractivity contribution in [2.45, 2.75) is 40.0 Å². The van der Waals surface area contributed by atoms with E-state index in [0.717, 1.165) is 18.7 Å². The van der Waals surface area contributed by atoms with Crippen molar-refractivity contribution in [1.29, 1.82) is 0 Å². The van der Waals surface area contributed by atoms with Gasteiger partial charge in [-0.3, -0.25) is 0 Å². The lowest BCUT2D eigenvalue weighted by Gasteiger charge is -2.29. The maximum absolute atomic E-state index is 4.28. The van der Waals surface area contributed by atoms with Crippen LogP contribution in [0.2, 0.25) is 0 Å². The number of benzene rings is 1. The molecule has 18 heavy (non-hydrogen) atoms. The fourth-order valence-corrected chi connectivity index (χ4v) is 2.11. The minimum absolute atomic E-state index is 1.05. The van der Waals surface area contributed by atoms with Crippen LogP contribution in [0.4, 0.5) is 0 Å². The first-order chi connectivity index (χ1) is 8.74. The molecule has 0 heterocycles. The highest BCUT2D eigenvalue weighted by atomic mass is 15.1. The summed E-state index contributed by atoms with van der Waals surface area (Å²) in [6, 6.07) is 10.4. The van der Waals surface area contributed by atoms with Crippen molar-refractivity contribution in [2.24, 2.45) is 0 Å². The van der Waals surface area contributed by atoms with Crippen molar-refractivity contribution in [3.63, 3.8) is 0 Å². The Hall–Kier alpha value is -1.50. The molecule has 0 aliphatic rings. The molecule has 0 atom stereocenters. The Bertz CT molecular complexity index is 389. The highest BCUT2D eigenvalue weighted by Gasteiger charge is 2.11. The summed E-state index contributed by atoms with van der Waals surface area (Å²) in [4.78, 5) is 2.36. The number of rotatable bonds is 7. The van der Waals surface area contributed by atoms with Crippen LogP contribution < -0.4 is 0 Å². The van der Waals surface area contributed by atoms with Crippen molar-refractivity contribution in [3.05, 3.63) is 54.2 Å². The standard InChI is InChI=1S/C17H25N/c1-5-8-14-18(17(6-2)7-3)15(4)16-12-10-9-11-13-16/h6,9-13H,4-5,7-8,14H2,1-3H3/b17-6-. The molecule has 1 rings (SSSR count). The molecule has 0 amide bonds. The first-order valence-electron chi connectivity index (χ1n) is 6.91. The van der Waals surface area contributed by atoms with Gasteiger partial charge in [-0.05, 0) is 25.3 Å². The lowest BCUT2D eigenvalue weighted by atomic mass is 10.1. The minimum atomic E-state index is 1.05. The second-order valence-corrected chi connectivity index (χ2v) is 4.45. The molecule has 0 fully saturated rings. The van der Waals surface area contributed by atoms with Crippen molar-refractivity contribution < 1.29 is 0 Å². The van der Waals surface area contributed by atoms with Crippen LogP contribution in [0.5, 0.6) is 0 Å². The van der Waals surface area contributed by atoms with Gasteiger partial charge in [0.1, 0.15) is 0 Å². The van der Waals surface area contributed by atoms with E-state index >= 15 is 0 Å². The Kier molecular flexibility index (Phi) is 6.27. The minimum Gasteiger partial charge on any atom is -0.345 e. The summed E-state index contributed by atoms with van der Waals surface area (Å²) in [6.45, 7) is 11.9. The Morgan fingerprint density at radius 3 is 2.39 bits per heavy atom. The van der Waals surface area contributed by atoms with Crippen molar-refractivity contribution >= 4 is 5.70 Å². The van der Waals surface area contributed by atoms with E-state index < -0.39 is 0 Å². The van der Waals surface area contributed by atoms with E-state index in [9.17, 15) is 0 Å². The third-order valence-corrected chi connectivity index (χ3v) is 3.21. The van der Waals surface area contributed by atoms with Crippen LogP contribution >= 0.6 is 0 Å². The zero-order chi connectivity index (χ0) is 13.4. The fraction of sp³-hybridized carbons (Fsp3) is 0.412. The largest absolute Gasteiger partial charge is 0.345 e. The first-order valence-corrected chi connectivity index (χ1v) is 6.91. The van der Waals surface area contributed by atoms with E-state index in [4.69, 9.17) is 0 Å². The summed E-state index contributed by atoms with van der Waals surface area (Å²) in [5.41, 5.74) is 3.68. The Morgan fingerprint density at radius 2 is 1.89 bits per heavy atom. The molecule has 1 aromatic carbocycles. The molecule has 0 radical (unpaired) electrons. The van der Waals surface area contributed by atoms with Crippen LogP contribution in [-0.4, -0.2) is 11.4 Å². The van der Waals surface area contributed by atoms with Crippen molar-refractivity contribution in [3.8, 4) is 0 Å². The average Bonchev–Trinajstić information content (AvgIpc) is 2.43. The van der Waals surface area contributed by atoms with Crippen LogP contribution in [0.15, 0.2) is 48.7 Å². The summed E-state index contributed by atoms with van der Waals surface area (Å²) in [6.07, 6.45) is 5.65. The Labute approximate surface area is 112 Å². The quantitative estimate of drug-likeness (QED) is 0.646. The van der Waals surface area contributed by atoms with Crippen LogP contribution in [0.3, 0.4) is 0 Å². The molecule has 0 aliphatic carbocycles. The number of unbranched alkanes of at least 4 members (excludes halogenated alkanes) is 1. The maximum Gasteiger partial charge on any atom is 0.0408 e. The molecule has 98 valence electrons. The molecule has 0 aromatic heterocycles. The Balaban J connectivity index is 2.92. The smallest absolute Gasteiger partial charge is 0.0408 e. The zero-order valence-electron chi connectivity index (χ0n) is 11.9. The summed E-state index contributed by atoms with van der Waals surface area (Å²) < 4.78 is 0. The number of hydrogen-bond acceptors (Lipinski definition) is 1. The molecule has 1 aromatic rings. The van der Waals surface area contributed by atoms with Gasteiger partial charge in [-0.15, -0.1) is 0 Å². The fourth-order valence-electron chi connectivity index (χ4n) is 2.11. The van der Waals surface area contributed by atoms with Gasteiger partial charge in [-0.25, -0.2) is 0 Å². The van der Waals surface area contributed by atoms with Gasteiger partial charge >= 0.3 is 0 Å². The van der Waals surface area contributed by atoms with Gasteiger partial charge in [0.05, 0.1) is 0 Å². The molecule has 0 aliphatic heterocycles. The second kappa shape index (κ2) is 7.75. The number of allylic oxidation sites excluding steroid dienone is 2. The molecule has 0 unspecified atom stereocenters. The summed E-state index contributed by atoms with van der Waals surface area (Å²) >= 11 is 0. The van der Waals surface area contributed by atoms with Gasteiger partial charge in [-0.1, -0.05) is 63.3 Å². The van der Waals surface area contributed by atoms with E-state index in [1.165, 1.54) is 24.1 Å². The predicted octanol–water partition coefficient (Wildman–Crippen LogP) is 5.07. The van der Waals surface area contributed by atoms with Gasteiger partial charge in [0.25, 0.3) is 0 Å². The first kappa shape index (κ1) is 14.6. The van der Waals surface area contributed by atoms with Gasteiger partial charge in [0.2, 0.25) is 0 Å². The number of nitrogens with zero attached hydrogens (tertiary/aromatic N) is 1. The summed E-state index contributed by atoms with van der Waals surface area (Å²) in [5.74, 6) is 0. The summed E-state index contributed by atoms with van der Waals surface area (Å²) in [5, 5.41) is 0. The third-order valence-electron chi connectivity index (χ3n) is 3.21. The van der Waals surface area contributed by atoms with Crippen molar-refractivity contribution in [1.82, 2.24) is 4.90 Å². The maximum atomic E-state index is 4.28. The van der Waals surface area contributed by atoms with Crippen LogP contribution in [0.25, 0.3) is 5.70 Å². The molecule has 0 spiro atoms. The van der Waals surface area contributed by atoms with Crippen molar-refractivity contribution in [2.75, 3.05) is 6.54 Å². The third kappa shape index (κ3) is 3.76. The average molecular weight is 243 g/mol. The topological polar surface area (TPSA) is 3.24 Å². The normalized spacial score (nSPS) is 11.4. The zero-order valence-corrected chi connectivity index (χ0v) is 11.9. The highest BCUT2D eigenvalue weighted by molar-refractivity contribution is 5.63. The van der Waals surface area contributed by atoms with E-state index in [-0.39, 0.29) is 0 Å². The van der Waals surface area contributed by atoms with Crippen LogP contribution in [0, 0.1) is 0 Å². The summed E-state index contributed by atoms with van der Waals surface area (Å²) in [7, 11) is 0. The molecular formula is C17H25N. The van der Waals surface area contributed by atoms with E-state index in [1.807, 2.05) is 6.07 Å². The Morgan fingerprint density at radius 1 is 1.22 bits per heavy atom. The SMILES string of the molecule is C=C(c1ccccc1)N(CCCC)/C(=C\C)CC. The molecular weight excluding hydrogens is 218 g/mol. The van der Waals surface area contributed by atoms with E-state index in [1.54, 1.807) is 0 Å². The van der Waals surface area contributed by atoms with Crippen LogP contribution in [-0.2, 0) is 0 Å². The van der Waals surface area contributed by atoms with Gasteiger partial charge in [0, 0.05) is 17.9 Å². The van der Waals surface area contributed by atoms with Crippen LogP contribution in [0.1, 0.15) is 45.6 Å². The molecule has 0 saturated heterocycles. The molecule has 0 N–H and O–H groups in total. The van der Waals surface area contributed by atoms with Gasteiger partial charge in [0.15, 0.2) is 0 Å². The number of hydrogen-bond donors (Lipinski definition) is 0.